The van der Waals surface area contributed by atoms with Crippen LogP contribution in [-0.4, -0.2) is 42.6 Å². The average molecular weight is 552 g/mol. The monoisotopic (exact) mass is 551 g/mol. The number of fused-ring (bicyclic) bond motifs is 3. The standard InChI is InChI=1S/C34H29N7O/c42-33-40-25-8-4-5-9-30(25)41(33)34(14-16-35-17-15-34)20-22-10-12-24(13-11-22)32-31(23-6-2-1-3-7-23)38-28-18-26-27(37-21-36-26)19-29(28)39-32/h1-13,18-19,21,35H,14-17,20H2,(H,36,37)(H,40,42). The summed E-state index contributed by atoms with van der Waals surface area (Å²) in [7, 11) is 0. The predicted molar refractivity (Wildman–Crippen MR) is 166 cm³/mol. The number of para-hydroxylation sites is 2. The van der Waals surface area contributed by atoms with Gasteiger partial charge in [0.05, 0.1) is 56.4 Å². The van der Waals surface area contributed by atoms with E-state index in [0.29, 0.717) is 0 Å². The van der Waals surface area contributed by atoms with Crippen LogP contribution in [0.25, 0.3) is 55.6 Å². The number of aromatic nitrogens is 6. The molecule has 8 nitrogen and oxygen atoms in total. The molecule has 8 rings (SSSR count). The third kappa shape index (κ3) is 4.11. The third-order valence-electron chi connectivity index (χ3n) is 8.61. The number of H-pyrrole nitrogens is 2. The van der Waals surface area contributed by atoms with Crippen LogP contribution in [0.4, 0.5) is 0 Å². The summed E-state index contributed by atoms with van der Waals surface area (Å²) < 4.78 is 2.01. The fourth-order valence-corrected chi connectivity index (χ4v) is 6.54. The maximum atomic E-state index is 13.3. The number of nitrogens with zero attached hydrogens (tertiary/aromatic N) is 4. The minimum atomic E-state index is -0.309. The lowest BCUT2D eigenvalue weighted by molar-refractivity contribution is 0.204. The summed E-state index contributed by atoms with van der Waals surface area (Å²) in [5, 5.41) is 3.48. The molecule has 0 saturated carbocycles. The fourth-order valence-electron chi connectivity index (χ4n) is 6.54. The van der Waals surface area contributed by atoms with Gasteiger partial charge in [-0.3, -0.25) is 4.57 Å². The Bertz CT molecular complexity index is 2120. The normalized spacial score (nSPS) is 15.0. The van der Waals surface area contributed by atoms with Gasteiger partial charge in [0, 0.05) is 11.1 Å². The van der Waals surface area contributed by atoms with Crippen molar-refractivity contribution in [3.63, 3.8) is 0 Å². The maximum absolute atomic E-state index is 13.3. The van der Waals surface area contributed by atoms with Crippen molar-refractivity contribution in [1.82, 2.24) is 34.8 Å². The zero-order valence-corrected chi connectivity index (χ0v) is 23.0. The molecule has 0 spiro atoms. The SMILES string of the molecule is O=c1[nH]c2ccccc2n1C1(Cc2ccc(-c3nc4cc5[nH]cnc5cc4nc3-c3ccccc3)cc2)CCNCC1. The van der Waals surface area contributed by atoms with Gasteiger partial charge in [0.15, 0.2) is 0 Å². The summed E-state index contributed by atoms with van der Waals surface area (Å²) in [5.74, 6) is 0. The van der Waals surface area contributed by atoms with Gasteiger partial charge >= 0.3 is 5.69 Å². The van der Waals surface area contributed by atoms with Crippen molar-refractivity contribution in [1.29, 1.82) is 0 Å². The number of hydrogen-bond donors (Lipinski definition) is 3. The number of rotatable bonds is 5. The van der Waals surface area contributed by atoms with Gasteiger partial charge < -0.3 is 15.3 Å². The van der Waals surface area contributed by atoms with Crippen LogP contribution in [0.2, 0.25) is 0 Å². The first kappa shape index (κ1) is 24.7. The van der Waals surface area contributed by atoms with E-state index < -0.39 is 0 Å². The summed E-state index contributed by atoms with van der Waals surface area (Å²) in [6.45, 7) is 1.75. The van der Waals surface area contributed by atoms with Gasteiger partial charge in [0.2, 0.25) is 0 Å². The molecule has 42 heavy (non-hydrogen) atoms. The van der Waals surface area contributed by atoms with Crippen LogP contribution in [0.15, 0.2) is 102 Å². The average Bonchev–Trinajstić information content (AvgIpc) is 3.63. The quantitative estimate of drug-likeness (QED) is 0.251. The highest BCUT2D eigenvalue weighted by Gasteiger charge is 2.36. The number of benzene rings is 4. The minimum Gasteiger partial charge on any atom is -0.345 e. The van der Waals surface area contributed by atoms with Crippen molar-refractivity contribution < 1.29 is 0 Å². The molecule has 3 N–H and O–H groups in total. The van der Waals surface area contributed by atoms with Crippen molar-refractivity contribution in [2.24, 2.45) is 0 Å². The molecule has 4 heterocycles. The molecule has 1 aliphatic rings. The van der Waals surface area contributed by atoms with E-state index in [1.165, 1.54) is 5.56 Å². The first-order valence-corrected chi connectivity index (χ1v) is 14.4. The van der Waals surface area contributed by atoms with Crippen molar-refractivity contribution in [2.45, 2.75) is 24.8 Å². The molecule has 8 heteroatoms. The lowest BCUT2D eigenvalue weighted by atomic mass is 9.81. The Labute approximate surface area is 241 Å². The highest BCUT2D eigenvalue weighted by atomic mass is 16.1. The summed E-state index contributed by atoms with van der Waals surface area (Å²) in [4.78, 5) is 34.2. The molecule has 0 radical (unpaired) electrons. The second-order valence-electron chi connectivity index (χ2n) is 11.2. The van der Waals surface area contributed by atoms with E-state index in [1.54, 1.807) is 6.33 Å². The second-order valence-corrected chi connectivity index (χ2v) is 11.2. The Balaban J connectivity index is 1.22. The number of aromatic amines is 2. The lowest BCUT2D eigenvalue weighted by Crippen LogP contribution is -2.49. The van der Waals surface area contributed by atoms with Gasteiger partial charge in [-0.2, -0.15) is 0 Å². The maximum Gasteiger partial charge on any atom is 0.326 e. The number of nitrogens with one attached hydrogen (secondary N) is 3. The molecule has 7 aromatic rings. The molecule has 1 fully saturated rings. The molecule has 4 aromatic carbocycles. The molecular formula is C34H29N7O. The largest absolute Gasteiger partial charge is 0.345 e. The van der Waals surface area contributed by atoms with Crippen LogP contribution in [0.5, 0.6) is 0 Å². The zero-order valence-electron chi connectivity index (χ0n) is 23.0. The first-order chi connectivity index (χ1) is 20.7. The Morgan fingerprint density at radius 3 is 2.21 bits per heavy atom. The van der Waals surface area contributed by atoms with Gasteiger partial charge in [-0.25, -0.2) is 19.7 Å². The van der Waals surface area contributed by atoms with Crippen molar-refractivity contribution in [3.05, 3.63) is 113 Å². The zero-order chi connectivity index (χ0) is 28.1. The predicted octanol–water partition coefficient (Wildman–Crippen LogP) is 5.80. The molecule has 1 saturated heterocycles. The van der Waals surface area contributed by atoms with Crippen molar-refractivity contribution in [3.8, 4) is 22.5 Å². The molecular weight excluding hydrogens is 522 g/mol. The van der Waals surface area contributed by atoms with E-state index in [0.717, 1.165) is 88.0 Å². The van der Waals surface area contributed by atoms with Crippen LogP contribution in [0.1, 0.15) is 18.4 Å². The first-order valence-electron chi connectivity index (χ1n) is 14.4. The highest BCUT2D eigenvalue weighted by molar-refractivity contribution is 5.94. The Morgan fingerprint density at radius 1 is 0.738 bits per heavy atom. The summed E-state index contributed by atoms with van der Waals surface area (Å²) >= 11 is 0. The third-order valence-corrected chi connectivity index (χ3v) is 8.61. The molecule has 0 atom stereocenters. The van der Waals surface area contributed by atoms with Gasteiger partial charge in [0.25, 0.3) is 0 Å². The molecule has 0 unspecified atom stereocenters. The number of hydrogen-bond acceptors (Lipinski definition) is 5. The highest BCUT2D eigenvalue weighted by Crippen LogP contribution is 2.35. The molecule has 0 bridgehead atoms. The van der Waals surface area contributed by atoms with Crippen LogP contribution >= 0.6 is 0 Å². The summed E-state index contributed by atoms with van der Waals surface area (Å²) in [5.41, 5.74) is 9.81. The summed E-state index contributed by atoms with van der Waals surface area (Å²) in [6, 6.07) is 30.8. The van der Waals surface area contributed by atoms with Crippen molar-refractivity contribution >= 4 is 33.1 Å². The second kappa shape index (κ2) is 9.78. The topological polar surface area (TPSA) is 104 Å². The molecule has 1 aliphatic heterocycles. The summed E-state index contributed by atoms with van der Waals surface area (Å²) in [6.07, 6.45) is 4.23. The van der Waals surface area contributed by atoms with E-state index in [9.17, 15) is 4.79 Å². The van der Waals surface area contributed by atoms with E-state index in [1.807, 2.05) is 59.2 Å². The van der Waals surface area contributed by atoms with Crippen LogP contribution in [0, 0.1) is 0 Å². The number of imidazole rings is 2. The van der Waals surface area contributed by atoms with Crippen LogP contribution in [0.3, 0.4) is 0 Å². The van der Waals surface area contributed by atoms with Gasteiger partial charge in [-0.05, 0) is 62.2 Å². The van der Waals surface area contributed by atoms with E-state index in [2.05, 4.69) is 56.7 Å². The Kier molecular flexibility index (Phi) is 5.75. The Morgan fingerprint density at radius 2 is 1.43 bits per heavy atom. The minimum absolute atomic E-state index is 0.0416. The van der Waals surface area contributed by atoms with E-state index >= 15 is 0 Å². The van der Waals surface area contributed by atoms with Gasteiger partial charge in [0.1, 0.15) is 0 Å². The molecule has 206 valence electrons. The molecule has 0 aliphatic carbocycles. The van der Waals surface area contributed by atoms with Crippen LogP contribution in [-0.2, 0) is 12.0 Å². The van der Waals surface area contributed by atoms with Gasteiger partial charge in [-0.1, -0.05) is 66.7 Å². The molecule has 3 aromatic heterocycles. The Hall–Kier alpha value is -5.08. The van der Waals surface area contributed by atoms with E-state index in [4.69, 9.17) is 9.97 Å². The van der Waals surface area contributed by atoms with Crippen LogP contribution < -0.4 is 11.0 Å². The lowest BCUT2D eigenvalue weighted by Gasteiger charge is -2.39. The van der Waals surface area contributed by atoms with Crippen molar-refractivity contribution in [2.75, 3.05) is 13.1 Å². The molecule has 0 amide bonds. The number of piperidine rings is 1. The smallest absolute Gasteiger partial charge is 0.326 e. The van der Waals surface area contributed by atoms with E-state index in [-0.39, 0.29) is 11.2 Å². The fraction of sp³-hybridized carbons (Fsp3) is 0.176. The van der Waals surface area contributed by atoms with Gasteiger partial charge in [-0.15, -0.1) is 0 Å².